The standard InChI is InChI=1S/C18H25N5O5.Na/c1-11(2)10-12(21-15(24)13-14(28-13)17(26)27)16(25)22-6-8-23(9-7-22)18-19-4-3-5-20-18;/h3-5,11-14H,6-10H2,1-2H3,(H,21,24)(H,26,27);/q;+1/p-1. The molecule has 2 aliphatic heterocycles. The minimum absolute atomic E-state index is 0. The normalized spacial score (nSPS) is 21.9. The molecular formula is C18H24N5NaO5. The molecule has 0 bridgehead atoms. The molecule has 3 atom stereocenters. The Morgan fingerprint density at radius 1 is 1.17 bits per heavy atom. The fourth-order valence-electron chi connectivity index (χ4n) is 3.24. The first kappa shape index (κ1) is 23.5. The number of hydrogen-bond acceptors (Lipinski definition) is 8. The number of piperazine rings is 1. The van der Waals surface area contributed by atoms with Gasteiger partial charge >= 0.3 is 29.6 Å². The Labute approximate surface area is 191 Å². The molecule has 0 saturated carbocycles. The number of nitrogens with one attached hydrogen (secondary N) is 1. The molecule has 152 valence electrons. The Morgan fingerprint density at radius 3 is 2.31 bits per heavy atom. The van der Waals surface area contributed by atoms with E-state index in [-0.39, 0.29) is 41.4 Å². The van der Waals surface area contributed by atoms with Crippen LogP contribution in [-0.2, 0) is 19.1 Å². The van der Waals surface area contributed by atoms with E-state index in [0.29, 0.717) is 38.5 Å². The van der Waals surface area contributed by atoms with Gasteiger partial charge in [0.05, 0.1) is 5.97 Å². The van der Waals surface area contributed by atoms with E-state index in [1.807, 2.05) is 18.7 Å². The summed E-state index contributed by atoms with van der Waals surface area (Å²) in [4.78, 5) is 48.1. The first-order chi connectivity index (χ1) is 13.4. The second kappa shape index (κ2) is 10.3. The Balaban J connectivity index is 0.00000300. The molecule has 1 N–H and O–H groups in total. The summed E-state index contributed by atoms with van der Waals surface area (Å²) in [6, 6.07) is 1.02. The third kappa shape index (κ3) is 6.11. The van der Waals surface area contributed by atoms with Crippen molar-refractivity contribution in [1.29, 1.82) is 0 Å². The summed E-state index contributed by atoms with van der Waals surface area (Å²) in [5.74, 6) is -1.40. The van der Waals surface area contributed by atoms with Crippen molar-refractivity contribution in [2.24, 2.45) is 5.92 Å². The monoisotopic (exact) mass is 413 g/mol. The Morgan fingerprint density at radius 2 is 1.79 bits per heavy atom. The maximum Gasteiger partial charge on any atom is 1.00 e. The quantitative estimate of drug-likeness (QED) is 0.348. The maximum atomic E-state index is 13.0. The SMILES string of the molecule is CC(C)CC(NC(=O)C1OC1C(=O)[O-])C(=O)N1CCN(c2ncccn2)CC1.[Na+]. The van der Waals surface area contributed by atoms with Crippen LogP contribution in [-0.4, -0.2) is 77.1 Å². The van der Waals surface area contributed by atoms with Gasteiger partial charge in [0, 0.05) is 38.6 Å². The van der Waals surface area contributed by atoms with Crippen molar-refractivity contribution >= 4 is 23.7 Å². The van der Waals surface area contributed by atoms with Crippen LogP contribution in [0.4, 0.5) is 5.95 Å². The van der Waals surface area contributed by atoms with Crippen LogP contribution in [0.1, 0.15) is 20.3 Å². The number of carboxylic acid groups (broad SMARTS) is 1. The van der Waals surface area contributed by atoms with Gasteiger partial charge in [0.15, 0.2) is 6.10 Å². The second-order valence-electron chi connectivity index (χ2n) is 7.35. The van der Waals surface area contributed by atoms with Crippen molar-refractivity contribution in [2.75, 3.05) is 31.1 Å². The molecule has 0 radical (unpaired) electrons. The van der Waals surface area contributed by atoms with E-state index in [1.54, 1.807) is 23.4 Å². The largest absolute Gasteiger partial charge is 1.00 e. The van der Waals surface area contributed by atoms with Crippen LogP contribution < -0.4 is 44.9 Å². The number of rotatable bonds is 7. The fraction of sp³-hybridized carbons (Fsp3) is 0.611. The summed E-state index contributed by atoms with van der Waals surface area (Å²) in [5.41, 5.74) is 0. The average Bonchev–Trinajstić information content (AvgIpc) is 3.49. The number of aromatic nitrogens is 2. The number of carbonyl (C=O) groups is 3. The van der Waals surface area contributed by atoms with Crippen molar-refractivity contribution in [3.05, 3.63) is 18.5 Å². The molecule has 0 spiro atoms. The van der Waals surface area contributed by atoms with Crippen molar-refractivity contribution in [3.63, 3.8) is 0 Å². The van der Waals surface area contributed by atoms with E-state index >= 15 is 0 Å². The van der Waals surface area contributed by atoms with Crippen LogP contribution in [0.2, 0.25) is 0 Å². The Bertz CT molecular complexity index is 727. The number of nitrogens with zero attached hydrogens (tertiary/aromatic N) is 4. The van der Waals surface area contributed by atoms with Crippen molar-refractivity contribution in [3.8, 4) is 0 Å². The minimum Gasteiger partial charge on any atom is -0.547 e. The maximum absolute atomic E-state index is 13.0. The van der Waals surface area contributed by atoms with E-state index in [2.05, 4.69) is 15.3 Å². The molecule has 1 aromatic heterocycles. The van der Waals surface area contributed by atoms with Gasteiger partial charge in [-0.25, -0.2) is 9.97 Å². The van der Waals surface area contributed by atoms with Gasteiger partial charge in [0.1, 0.15) is 12.1 Å². The molecule has 10 nitrogen and oxygen atoms in total. The molecule has 0 aromatic carbocycles. The van der Waals surface area contributed by atoms with Gasteiger partial charge in [0.2, 0.25) is 11.9 Å². The van der Waals surface area contributed by atoms with Crippen LogP contribution in [0.3, 0.4) is 0 Å². The number of carboxylic acids is 1. The van der Waals surface area contributed by atoms with Crippen LogP contribution in [0, 0.1) is 5.92 Å². The van der Waals surface area contributed by atoms with Gasteiger partial charge in [-0.1, -0.05) is 13.8 Å². The number of carbonyl (C=O) groups excluding carboxylic acids is 3. The third-order valence-electron chi connectivity index (χ3n) is 4.73. The molecule has 29 heavy (non-hydrogen) atoms. The van der Waals surface area contributed by atoms with Gasteiger partial charge in [-0.05, 0) is 18.4 Å². The van der Waals surface area contributed by atoms with E-state index in [4.69, 9.17) is 4.74 Å². The molecule has 1 aromatic rings. The predicted molar refractivity (Wildman–Crippen MR) is 95.9 cm³/mol. The van der Waals surface area contributed by atoms with Crippen LogP contribution in [0.15, 0.2) is 18.5 Å². The van der Waals surface area contributed by atoms with Gasteiger partial charge < -0.3 is 29.8 Å². The average molecular weight is 413 g/mol. The van der Waals surface area contributed by atoms with Gasteiger partial charge in [-0.3, -0.25) is 9.59 Å². The van der Waals surface area contributed by atoms with Gasteiger partial charge in [-0.15, -0.1) is 0 Å². The molecule has 2 fully saturated rings. The van der Waals surface area contributed by atoms with Crippen molar-refractivity contribution in [2.45, 2.75) is 38.5 Å². The zero-order valence-electron chi connectivity index (χ0n) is 16.9. The predicted octanol–water partition coefficient (Wildman–Crippen LogP) is -4.82. The third-order valence-corrected chi connectivity index (χ3v) is 4.73. The number of epoxide rings is 1. The summed E-state index contributed by atoms with van der Waals surface area (Å²) < 4.78 is 4.81. The fourth-order valence-corrected chi connectivity index (χ4v) is 3.24. The van der Waals surface area contributed by atoms with Gasteiger partial charge in [-0.2, -0.15) is 0 Å². The van der Waals surface area contributed by atoms with E-state index in [0.717, 1.165) is 0 Å². The summed E-state index contributed by atoms with van der Waals surface area (Å²) >= 11 is 0. The first-order valence-corrected chi connectivity index (χ1v) is 9.34. The van der Waals surface area contributed by atoms with Crippen molar-refractivity contribution < 1.29 is 53.8 Å². The van der Waals surface area contributed by atoms with Crippen LogP contribution >= 0.6 is 0 Å². The van der Waals surface area contributed by atoms with E-state index < -0.39 is 30.1 Å². The smallest absolute Gasteiger partial charge is 0.547 e. The molecule has 3 rings (SSSR count). The number of amides is 2. The zero-order valence-corrected chi connectivity index (χ0v) is 18.9. The molecule has 11 heteroatoms. The molecule has 2 amide bonds. The van der Waals surface area contributed by atoms with E-state index in [1.165, 1.54) is 0 Å². The number of aliphatic carboxylic acids is 1. The summed E-state index contributed by atoms with van der Waals surface area (Å²) in [6.45, 7) is 6.07. The molecular weight excluding hydrogens is 389 g/mol. The van der Waals surface area contributed by atoms with Crippen molar-refractivity contribution in [1.82, 2.24) is 20.2 Å². The Hall–Kier alpha value is -1.75. The summed E-state index contributed by atoms with van der Waals surface area (Å²) in [6.07, 6.45) is 1.49. The number of ether oxygens (including phenoxy) is 1. The molecule has 2 aliphatic rings. The van der Waals surface area contributed by atoms with Crippen LogP contribution in [0.5, 0.6) is 0 Å². The number of hydrogen-bond donors (Lipinski definition) is 1. The molecule has 3 unspecified atom stereocenters. The first-order valence-electron chi connectivity index (χ1n) is 9.34. The molecule has 2 saturated heterocycles. The molecule has 0 aliphatic carbocycles. The van der Waals surface area contributed by atoms with Crippen LogP contribution in [0.25, 0.3) is 0 Å². The minimum atomic E-state index is -1.42. The Kier molecular flexibility index (Phi) is 8.38. The van der Waals surface area contributed by atoms with Gasteiger partial charge in [0.25, 0.3) is 5.91 Å². The zero-order chi connectivity index (χ0) is 20.3. The number of anilines is 1. The summed E-state index contributed by atoms with van der Waals surface area (Å²) in [7, 11) is 0. The second-order valence-corrected chi connectivity index (χ2v) is 7.35. The topological polar surface area (TPSA) is 131 Å². The van der Waals surface area contributed by atoms with E-state index in [9.17, 15) is 19.5 Å². The molecule has 3 heterocycles. The summed E-state index contributed by atoms with van der Waals surface area (Å²) in [5, 5.41) is 13.4.